The van der Waals surface area contributed by atoms with Gasteiger partial charge in [-0.05, 0) is 44.6 Å². The minimum absolute atomic E-state index is 0.460. The van der Waals surface area contributed by atoms with Gasteiger partial charge < -0.3 is 10.2 Å². The fourth-order valence-electron chi connectivity index (χ4n) is 3.45. The number of nitrogens with zero attached hydrogens (tertiary/aromatic N) is 2. The van der Waals surface area contributed by atoms with Crippen LogP contribution in [-0.4, -0.2) is 56.6 Å². The van der Waals surface area contributed by atoms with Gasteiger partial charge in [0.25, 0.3) is 0 Å². The zero-order valence-electron chi connectivity index (χ0n) is 14.3. The summed E-state index contributed by atoms with van der Waals surface area (Å²) < 4.78 is 0. The fourth-order valence-corrected chi connectivity index (χ4v) is 3.45. The molecule has 0 amide bonds. The Balaban J connectivity index is 2.16. The third-order valence-electron chi connectivity index (χ3n) is 4.42. The molecule has 0 saturated carbocycles. The van der Waals surface area contributed by atoms with Crippen LogP contribution in [0.1, 0.15) is 31.0 Å². The van der Waals surface area contributed by atoms with Gasteiger partial charge in [0.1, 0.15) is 0 Å². The molecule has 2 atom stereocenters. The average molecular weight is 289 g/mol. The van der Waals surface area contributed by atoms with Crippen molar-refractivity contribution < 1.29 is 0 Å². The highest BCUT2D eigenvalue weighted by Gasteiger charge is 2.35. The molecule has 0 spiro atoms. The molecule has 21 heavy (non-hydrogen) atoms. The Labute approximate surface area is 130 Å². The highest BCUT2D eigenvalue weighted by atomic mass is 15.2. The molecule has 0 radical (unpaired) electrons. The third kappa shape index (κ3) is 4.06. The van der Waals surface area contributed by atoms with Gasteiger partial charge in [-0.3, -0.25) is 4.90 Å². The number of likely N-dealkylation sites (N-methyl/N-ethyl adjacent to an activating group) is 2. The number of hydrogen-bond donors (Lipinski definition) is 1. The maximum atomic E-state index is 3.56. The monoisotopic (exact) mass is 289 g/mol. The fraction of sp³-hybridized carbons (Fsp3) is 0.667. The van der Waals surface area contributed by atoms with Crippen molar-refractivity contribution in [2.24, 2.45) is 5.92 Å². The van der Waals surface area contributed by atoms with E-state index in [2.05, 4.69) is 74.4 Å². The van der Waals surface area contributed by atoms with Gasteiger partial charge in [0, 0.05) is 31.7 Å². The third-order valence-corrected chi connectivity index (χ3v) is 4.42. The van der Waals surface area contributed by atoms with Gasteiger partial charge in [-0.15, -0.1) is 0 Å². The molecule has 0 bridgehead atoms. The molecule has 1 aliphatic carbocycles. The zero-order chi connectivity index (χ0) is 15.4. The molecular weight excluding hydrogens is 258 g/mol. The highest BCUT2D eigenvalue weighted by Crippen LogP contribution is 2.34. The first-order valence-electron chi connectivity index (χ1n) is 8.16. The summed E-state index contributed by atoms with van der Waals surface area (Å²) in [5.74, 6) is 0.702. The molecule has 1 N–H and O–H groups in total. The summed E-state index contributed by atoms with van der Waals surface area (Å²) in [6, 6.07) is 9.95. The van der Waals surface area contributed by atoms with E-state index >= 15 is 0 Å². The van der Waals surface area contributed by atoms with Crippen LogP contribution in [0.2, 0.25) is 0 Å². The van der Waals surface area contributed by atoms with Gasteiger partial charge in [0.15, 0.2) is 0 Å². The number of hydrogen-bond acceptors (Lipinski definition) is 3. The molecule has 118 valence electrons. The Morgan fingerprint density at radius 3 is 2.52 bits per heavy atom. The van der Waals surface area contributed by atoms with Crippen molar-refractivity contribution in [3.63, 3.8) is 0 Å². The molecular formula is C18H31N3. The first-order valence-corrected chi connectivity index (χ1v) is 8.16. The molecule has 1 aliphatic rings. The van der Waals surface area contributed by atoms with Crippen LogP contribution in [0.15, 0.2) is 24.3 Å². The van der Waals surface area contributed by atoms with E-state index in [1.165, 1.54) is 24.1 Å². The first-order chi connectivity index (χ1) is 10.0. The highest BCUT2D eigenvalue weighted by molar-refractivity contribution is 5.37. The maximum absolute atomic E-state index is 3.56. The summed E-state index contributed by atoms with van der Waals surface area (Å²) in [6.07, 6.45) is 1.17. The second-order valence-corrected chi connectivity index (χ2v) is 6.93. The van der Waals surface area contributed by atoms with Crippen LogP contribution < -0.4 is 5.32 Å². The predicted octanol–water partition coefficient (Wildman–Crippen LogP) is 2.39. The molecule has 0 aromatic heterocycles. The van der Waals surface area contributed by atoms with Crippen molar-refractivity contribution >= 4 is 0 Å². The van der Waals surface area contributed by atoms with Crippen LogP contribution in [-0.2, 0) is 6.42 Å². The molecule has 1 aromatic rings. The Hall–Kier alpha value is -0.900. The van der Waals surface area contributed by atoms with Gasteiger partial charge in [-0.1, -0.05) is 38.1 Å². The summed E-state index contributed by atoms with van der Waals surface area (Å²) >= 11 is 0. The lowest BCUT2D eigenvalue weighted by molar-refractivity contribution is 0.139. The molecule has 3 nitrogen and oxygen atoms in total. The van der Waals surface area contributed by atoms with Gasteiger partial charge in [0.05, 0.1) is 0 Å². The molecule has 0 aliphatic heterocycles. The lowest BCUT2D eigenvalue weighted by Gasteiger charge is -2.35. The van der Waals surface area contributed by atoms with E-state index in [9.17, 15) is 0 Å². The molecule has 2 unspecified atom stereocenters. The Bertz CT molecular complexity index is 442. The predicted molar refractivity (Wildman–Crippen MR) is 90.7 cm³/mol. The van der Waals surface area contributed by atoms with Gasteiger partial charge in [-0.2, -0.15) is 0 Å². The van der Waals surface area contributed by atoms with Crippen LogP contribution in [0.3, 0.4) is 0 Å². The van der Waals surface area contributed by atoms with E-state index in [1.807, 2.05) is 0 Å². The molecule has 1 aromatic carbocycles. The largest absolute Gasteiger partial charge is 0.312 e. The van der Waals surface area contributed by atoms with E-state index in [0.717, 1.165) is 13.1 Å². The SMILES string of the molecule is CNC1c2ccccc2CC1N(CCN(C)C)CC(C)C. The van der Waals surface area contributed by atoms with Gasteiger partial charge >= 0.3 is 0 Å². The Kier molecular flexibility index (Phi) is 5.80. The van der Waals surface area contributed by atoms with Crippen LogP contribution in [0.25, 0.3) is 0 Å². The maximum Gasteiger partial charge on any atom is 0.0481 e. The first kappa shape index (κ1) is 16.5. The second-order valence-electron chi connectivity index (χ2n) is 6.93. The standard InChI is InChI=1S/C18H31N3/c1-14(2)13-21(11-10-20(4)5)17-12-15-8-6-7-9-16(15)18(17)19-3/h6-9,14,17-19H,10-13H2,1-5H3. The van der Waals surface area contributed by atoms with E-state index in [1.54, 1.807) is 0 Å². The van der Waals surface area contributed by atoms with E-state index in [-0.39, 0.29) is 0 Å². The van der Waals surface area contributed by atoms with E-state index in [4.69, 9.17) is 0 Å². The summed E-state index contributed by atoms with van der Waals surface area (Å²) in [4.78, 5) is 4.97. The van der Waals surface area contributed by atoms with Crippen LogP contribution in [0.4, 0.5) is 0 Å². The molecule has 0 fully saturated rings. The van der Waals surface area contributed by atoms with Crippen LogP contribution in [0, 0.1) is 5.92 Å². The van der Waals surface area contributed by atoms with Crippen LogP contribution in [0.5, 0.6) is 0 Å². The number of benzene rings is 1. The lowest BCUT2D eigenvalue weighted by atomic mass is 10.0. The molecule has 2 rings (SSSR count). The topological polar surface area (TPSA) is 18.5 Å². The van der Waals surface area contributed by atoms with Crippen LogP contribution >= 0.6 is 0 Å². The smallest absolute Gasteiger partial charge is 0.0481 e. The summed E-state index contributed by atoms with van der Waals surface area (Å²) in [6.45, 7) is 8.07. The minimum Gasteiger partial charge on any atom is -0.312 e. The minimum atomic E-state index is 0.460. The molecule has 0 heterocycles. The summed E-state index contributed by atoms with van der Waals surface area (Å²) in [5, 5.41) is 3.56. The number of fused-ring (bicyclic) bond motifs is 1. The Morgan fingerprint density at radius 1 is 1.19 bits per heavy atom. The van der Waals surface area contributed by atoms with Crippen molar-refractivity contribution in [3.8, 4) is 0 Å². The van der Waals surface area contributed by atoms with Gasteiger partial charge in [-0.25, -0.2) is 0 Å². The molecule has 0 saturated heterocycles. The zero-order valence-corrected chi connectivity index (χ0v) is 14.3. The normalized spacial score (nSPS) is 21.5. The van der Waals surface area contributed by atoms with Crippen molar-refractivity contribution in [2.45, 2.75) is 32.4 Å². The van der Waals surface area contributed by atoms with Gasteiger partial charge in [0.2, 0.25) is 0 Å². The van der Waals surface area contributed by atoms with Crippen molar-refractivity contribution in [3.05, 3.63) is 35.4 Å². The Morgan fingerprint density at radius 2 is 1.90 bits per heavy atom. The average Bonchev–Trinajstić information content (AvgIpc) is 2.81. The molecule has 3 heteroatoms. The second kappa shape index (κ2) is 7.39. The summed E-state index contributed by atoms with van der Waals surface area (Å²) in [7, 11) is 6.41. The summed E-state index contributed by atoms with van der Waals surface area (Å²) in [5.41, 5.74) is 3.00. The number of nitrogens with one attached hydrogen (secondary N) is 1. The van der Waals surface area contributed by atoms with Crippen molar-refractivity contribution in [1.29, 1.82) is 0 Å². The quantitative estimate of drug-likeness (QED) is 0.831. The van der Waals surface area contributed by atoms with E-state index < -0.39 is 0 Å². The van der Waals surface area contributed by atoms with E-state index in [0.29, 0.717) is 18.0 Å². The van der Waals surface area contributed by atoms with Crippen molar-refractivity contribution in [2.75, 3.05) is 40.8 Å². The number of rotatable bonds is 7. The lowest BCUT2D eigenvalue weighted by Crippen LogP contribution is -2.46. The van der Waals surface area contributed by atoms with Crippen molar-refractivity contribution in [1.82, 2.24) is 15.1 Å².